The molecule has 0 radical (unpaired) electrons. The molecule has 0 aliphatic carbocycles. The summed E-state index contributed by atoms with van der Waals surface area (Å²) in [5.74, 6) is 0. The van der Waals surface area contributed by atoms with Crippen LogP contribution in [0.4, 0.5) is 0 Å². The molecule has 0 amide bonds. The Morgan fingerprint density at radius 3 is 1.20 bits per heavy atom. The van der Waals surface area contributed by atoms with Gasteiger partial charge in [-0.1, -0.05) is 0 Å². The zero-order valence-electron chi connectivity index (χ0n) is 1.52. The fraction of sp³-hybridized carbons (Fsp3) is 0. The van der Waals surface area contributed by atoms with E-state index in [1.807, 2.05) is 0 Å². The van der Waals surface area contributed by atoms with E-state index in [0.29, 0.717) is 10.1 Å². The molecular weight excluding hydrogens is 255 g/mol. The van der Waals surface area contributed by atoms with Crippen LogP contribution in [0.1, 0.15) is 0 Å². The third kappa shape index (κ3) is 20.6. The molecule has 0 aliphatic heterocycles. The van der Waals surface area contributed by atoms with Gasteiger partial charge in [0.1, 0.15) is 0 Å². The molecule has 5 heavy (non-hydrogen) atoms. The number of hydrogen-bond donors (Lipinski definition) is 0. The molecule has 5 heteroatoms. The SMILES string of the molecule is O=[SiH2].[CaH2].[Cr].[SnH4]. The second-order valence-electron chi connectivity index (χ2n) is 0. The Balaban J connectivity index is -0.00000000167. The summed E-state index contributed by atoms with van der Waals surface area (Å²) in [6.07, 6.45) is 0. The van der Waals surface area contributed by atoms with Crippen molar-refractivity contribution in [1.29, 1.82) is 0 Å². The van der Waals surface area contributed by atoms with Crippen LogP contribution in [0.5, 0.6) is 0 Å². The van der Waals surface area contributed by atoms with Gasteiger partial charge >= 0.3 is 61.6 Å². The van der Waals surface area contributed by atoms with Crippen LogP contribution in [-0.2, 0) is 21.8 Å². The van der Waals surface area contributed by atoms with Gasteiger partial charge in [-0.25, -0.2) is 0 Å². The Hall–Kier alpha value is 2.61. The Morgan fingerprint density at radius 1 is 1.20 bits per heavy atom. The van der Waals surface area contributed by atoms with Crippen LogP contribution in [0.2, 0.25) is 0 Å². The van der Waals surface area contributed by atoms with E-state index in [1.165, 1.54) is 0 Å². The van der Waals surface area contributed by atoms with E-state index >= 15 is 0 Å². The van der Waals surface area contributed by atoms with E-state index in [1.54, 1.807) is 0 Å². The number of rotatable bonds is 0. The van der Waals surface area contributed by atoms with Gasteiger partial charge in [-0.3, -0.25) is 0 Å². The summed E-state index contributed by atoms with van der Waals surface area (Å²) in [5.41, 5.74) is 0. The topological polar surface area (TPSA) is 17.1 Å². The van der Waals surface area contributed by atoms with E-state index < -0.39 is 0 Å². The maximum absolute atomic E-state index is 8.28. The summed E-state index contributed by atoms with van der Waals surface area (Å²) in [5, 5.41) is 0. The first-order valence-corrected chi connectivity index (χ1v) is 0.866. The quantitative estimate of drug-likeness (QED) is 0.416. The molecule has 0 bridgehead atoms. The van der Waals surface area contributed by atoms with Gasteiger partial charge in [0.25, 0.3) is 0 Å². The third-order valence-corrected chi connectivity index (χ3v) is 0. The zero-order chi connectivity index (χ0) is 2.00. The van der Waals surface area contributed by atoms with Crippen molar-refractivity contribution < 1.29 is 21.8 Å². The summed E-state index contributed by atoms with van der Waals surface area (Å²) in [6, 6.07) is 0. The third-order valence-electron chi connectivity index (χ3n) is 0. The molecule has 0 heterocycles. The van der Waals surface area contributed by atoms with Gasteiger partial charge < -0.3 is 4.46 Å². The Kier molecular flexibility index (Phi) is 156. The van der Waals surface area contributed by atoms with Gasteiger partial charge in [0.15, 0.2) is 0 Å². The first-order valence-electron chi connectivity index (χ1n) is 0.289. The van der Waals surface area contributed by atoms with Crippen LogP contribution >= 0.6 is 0 Å². The van der Waals surface area contributed by atoms with E-state index in [4.69, 9.17) is 4.46 Å². The molecule has 0 rings (SSSR count). The zero-order valence-corrected chi connectivity index (χ0v) is 4.21. The van der Waals surface area contributed by atoms with E-state index in [9.17, 15) is 0 Å². The minimum atomic E-state index is 0. The molecule has 0 saturated heterocycles. The van der Waals surface area contributed by atoms with Crippen molar-refractivity contribution in [3.05, 3.63) is 0 Å². The fourth-order valence-corrected chi connectivity index (χ4v) is 0. The molecular formula is H8CaCrOSiSn. The van der Waals surface area contributed by atoms with Crippen LogP contribution in [0.3, 0.4) is 0 Å². The van der Waals surface area contributed by atoms with Crippen LogP contribution in [0.25, 0.3) is 0 Å². The molecule has 0 aromatic carbocycles. The molecule has 0 aromatic rings. The van der Waals surface area contributed by atoms with Crippen LogP contribution < -0.4 is 0 Å². The summed E-state index contributed by atoms with van der Waals surface area (Å²) in [4.78, 5) is 0. The molecule has 0 aromatic heterocycles. The fourth-order valence-electron chi connectivity index (χ4n) is 0. The molecule has 0 spiro atoms. The van der Waals surface area contributed by atoms with Gasteiger partial charge in [0, 0.05) is 17.4 Å². The molecule has 0 atom stereocenters. The van der Waals surface area contributed by atoms with E-state index in [-0.39, 0.29) is 79.0 Å². The van der Waals surface area contributed by atoms with E-state index in [2.05, 4.69) is 0 Å². The first-order chi connectivity index (χ1) is 1.00. The molecule has 1 nitrogen and oxygen atoms in total. The molecule has 0 aliphatic rings. The van der Waals surface area contributed by atoms with Gasteiger partial charge in [-0.15, -0.1) is 0 Å². The van der Waals surface area contributed by atoms with Crippen LogP contribution in [0, 0.1) is 0 Å². The standard InChI is InChI=1S/Ca.Cr.H2OSi.Sn.6H/c;;1-2;;;;;;;/h;;2H2;;;;;;;. The van der Waals surface area contributed by atoms with Crippen LogP contribution in [0.15, 0.2) is 0 Å². The molecule has 0 unspecified atom stereocenters. The van der Waals surface area contributed by atoms with Crippen molar-refractivity contribution in [3.8, 4) is 0 Å². The summed E-state index contributed by atoms with van der Waals surface area (Å²) >= 11 is 0. The van der Waals surface area contributed by atoms with Crippen LogP contribution in [-0.4, -0.2) is 71.8 Å². The van der Waals surface area contributed by atoms with Gasteiger partial charge in [-0.2, -0.15) is 0 Å². The molecule has 30 valence electrons. The van der Waals surface area contributed by atoms with Gasteiger partial charge in [0.2, 0.25) is 10.1 Å². The Morgan fingerprint density at radius 2 is 1.20 bits per heavy atom. The predicted molar refractivity (Wildman–Crippen MR) is 29.1 cm³/mol. The predicted octanol–water partition coefficient (Wildman–Crippen LogP) is -3.41. The van der Waals surface area contributed by atoms with Crippen molar-refractivity contribution in [1.82, 2.24) is 0 Å². The second kappa shape index (κ2) is 30.6. The normalized spacial score (nSPS) is 0.800. The Bertz CT molecular complexity index is 11.6. The van der Waals surface area contributed by atoms with Gasteiger partial charge in [-0.05, 0) is 0 Å². The maximum atomic E-state index is 8.28. The van der Waals surface area contributed by atoms with Crippen molar-refractivity contribution in [2.24, 2.45) is 0 Å². The van der Waals surface area contributed by atoms with Crippen molar-refractivity contribution in [2.45, 2.75) is 0 Å². The summed E-state index contributed by atoms with van der Waals surface area (Å²) < 4.78 is 8.28. The Labute approximate surface area is 91.8 Å². The van der Waals surface area contributed by atoms with Gasteiger partial charge in [0.05, 0.1) is 0 Å². The monoisotopic (exact) mass is 264 g/mol. The van der Waals surface area contributed by atoms with Crippen molar-refractivity contribution in [2.75, 3.05) is 0 Å². The van der Waals surface area contributed by atoms with Crippen molar-refractivity contribution in [3.63, 3.8) is 0 Å². The molecule has 0 saturated carbocycles. The van der Waals surface area contributed by atoms with Crippen molar-refractivity contribution >= 4 is 71.8 Å². The average molecular weight is 263 g/mol. The summed E-state index contributed by atoms with van der Waals surface area (Å²) in [7, 11) is 0.611. The molecule has 0 N–H and O–H groups in total. The first kappa shape index (κ1) is 25.5. The minimum absolute atomic E-state index is 0. The number of hydrogen-bond acceptors (Lipinski definition) is 1. The second-order valence-corrected chi connectivity index (χ2v) is 0. The van der Waals surface area contributed by atoms with E-state index in [0.717, 1.165) is 0 Å². The average Bonchev–Trinajstić information content (AvgIpc) is 1.00. The molecule has 0 fully saturated rings. The summed E-state index contributed by atoms with van der Waals surface area (Å²) in [6.45, 7) is 0.